The number of nitrogen functional groups attached to an aromatic ring is 1. The maximum Gasteiger partial charge on any atom is 0.490 e. The Bertz CT molecular complexity index is 4150. The van der Waals surface area contributed by atoms with E-state index < -0.39 is 85.5 Å². The fourth-order valence-electron chi connectivity index (χ4n) is 9.00. The third-order valence-corrected chi connectivity index (χ3v) is 16.9. The summed E-state index contributed by atoms with van der Waals surface area (Å²) in [5, 5.41) is 13.2. The number of hydrogen-bond donors (Lipinski definition) is 7. The zero-order valence-electron chi connectivity index (χ0n) is 47.6. The molecule has 2 amide bonds. The van der Waals surface area contributed by atoms with Crippen LogP contribution in [0.2, 0.25) is 0 Å². The maximum atomic E-state index is 13.2. The highest BCUT2D eigenvalue weighted by Crippen LogP contribution is 2.66. The maximum absolute atomic E-state index is 13.2. The van der Waals surface area contributed by atoms with E-state index in [0.29, 0.717) is 34.1 Å². The monoisotopic (exact) mass is 1310 g/mol. The minimum Gasteiger partial charge on any atom is -0.491 e. The van der Waals surface area contributed by atoms with Crippen molar-refractivity contribution in [2.75, 3.05) is 76.6 Å². The molecule has 4 aromatic heterocycles. The fourth-order valence-corrected chi connectivity index (χ4v) is 12.0. The van der Waals surface area contributed by atoms with Gasteiger partial charge < -0.3 is 77.9 Å². The number of benzene rings is 3. The van der Waals surface area contributed by atoms with Gasteiger partial charge in [0.2, 0.25) is 11.8 Å². The lowest BCUT2D eigenvalue weighted by molar-refractivity contribution is -0.126. The average Bonchev–Trinajstić information content (AvgIpc) is 1.62. The van der Waals surface area contributed by atoms with Gasteiger partial charge in [0.15, 0.2) is 17.6 Å². The van der Waals surface area contributed by atoms with Crippen molar-refractivity contribution in [3.8, 4) is 29.0 Å². The third kappa shape index (κ3) is 18.5. The molecule has 1 aliphatic rings. The summed E-state index contributed by atoms with van der Waals surface area (Å²) in [4.78, 5) is 109. The Hall–Kier alpha value is -8.60. The largest absolute Gasteiger partial charge is 0.491 e. The topological polar surface area (TPSA) is 495 Å². The minimum absolute atomic E-state index is 0.00425. The summed E-state index contributed by atoms with van der Waals surface area (Å²) in [6.07, 6.45) is -1.48. The Balaban J connectivity index is 0.749. The van der Waals surface area contributed by atoms with E-state index in [1.54, 1.807) is 42.5 Å². The molecule has 476 valence electrons. The molecule has 6 atom stereocenters. The van der Waals surface area contributed by atoms with Gasteiger partial charge in [-0.1, -0.05) is 28.1 Å². The molecule has 1 fully saturated rings. The number of nitrogens with two attached hydrogens (primary N) is 1. The lowest BCUT2D eigenvalue weighted by atomic mass is 10.1. The molecule has 3 aromatic carbocycles. The van der Waals surface area contributed by atoms with Crippen LogP contribution in [0.25, 0.3) is 65.4 Å². The van der Waals surface area contributed by atoms with E-state index in [2.05, 4.69) is 71.0 Å². The summed E-state index contributed by atoms with van der Waals surface area (Å²) < 4.78 is 88.9. The van der Waals surface area contributed by atoms with Crippen molar-refractivity contribution in [2.24, 2.45) is 10.2 Å². The first-order valence-corrected chi connectivity index (χ1v) is 31.5. The van der Waals surface area contributed by atoms with Gasteiger partial charge in [0, 0.05) is 76.8 Å². The number of ether oxygens (including phenoxy) is 5. The Morgan fingerprint density at radius 3 is 2.52 bits per heavy atom. The Morgan fingerprint density at radius 2 is 1.76 bits per heavy atom. The molecule has 5 heterocycles. The molecule has 38 heteroatoms. The number of Topliss-reactive ketones (excluding diaryl/α,β-unsaturated/α-hetero) is 1. The highest BCUT2D eigenvalue weighted by Gasteiger charge is 2.44. The first kappa shape index (κ1) is 67.3. The lowest BCUT2D eigenvalue weighted by Crippen LogP contribution is -2.29. The van der Waals surface area contributed by atoms with Crippen molar-refractivity contribution in [1.82, 2.24) is 30.2 Å². The molecule has 0 spiro atoms. The summed E-state index contributed by atoms with van der Waals surface area (Å²) in [5.41, 5.74) is 26.8. The standard InChI is InChI=1S/C52H57N14O21P3/c1-3-65(4-2)35-14-12-32-21-37(52(70)85-41(32)23-35)51-61-38-22-31(13-15-40(38)84-51)39(67)11-7-17-57-50(69)33-8-5-10-36(20-33)80-28-45(62-64-55)79-19-18-78-27-44(68)56-16-6-9-34-25-66(49-47(34)48(53)58-29-59-49)46-24-42(81-30-60-63-54)43(83-46)26-82-89(74,75)87-90(76,77)86-88(71,72)73/h5,8,10,12-15,20-23,25,29,42-43,45-46H,3-4,7,11,16-19,24,26-28,30H2,1-2H3,(H,56,68)(H,57,69)(H,74,75)(H,76,77)(H2,53,58,59)(H2,71,72,73). The number of hydrogen-bond acceptors (Lipinski definition) is 24. The van der Waals surface area contributed by atoms with Crippen LogP contribution in [-0.2, 0) is 50.6 Å². The van der Waals surface area contributed by atoms with Crippen molar-refractivity contribution in [1.29, 1.82) is 0 Å². The number of anilines is 2. The molecule has 0 radical (unpaired) electrons. The Morgan fingerprint density at radius 1 is 0.944 bits per heavy atom. The molecule has 0 aliphatic carbocycles. The smallest absolute Gasteiger partial charge is 0.490 e. The molecular formula is C52H57N14O21P3. The quantitative estimate of drug-likeness (QED) is 0.00338. The Labute approximate surface area is 508 Å². The molecule has 6 unspecified atom stereocenters. The summed E-state index contributed by atoms with van der Waals surface area (Å²) >= 11 is 0. The normalized spacial score (nSPS) is 16.4. The number of carbonyl (C=O) groups excluding carboxylic acids is 3. The van der Waals surface area contributed by atoms with Crippen LogP contribution in [0, 0.1) is 11.8 Å². The molecule has 0 bridgehead atoms. The van der Waals surface area contributed by atoms with E-state index in [1.165, 1.54) is 16.8 Å². The number of oxazole rings is 1. The second-order valence-corrected chi connectivity index (χ2v) is 23.5. The van der Waals surface area contributed by atoms with Crippen molar-refractivity contribution < 1.29 is 93.3 Å². The van der Waals surface area contributed by atoms with E-state index in [1.807, 2.05) is 32.0 Å². The first-order chi connectivity index (χ1) is 43.1. The molecular weight excluding hydrogens is 1250 g/mol. The molecule has 0 saturated carbocycles. The number of rotatable bonds is 32. The number of phosphoric ester groups is 1. The van der Waals surface area contributed by atoms with Crippen LogP contribution in [0.4, 0.5) is 11.5 Å². The van der Waals surface area contributed by atoms with Gasteiger partial charge in [-0.25, -0.2) is 33.4 Å². The van der Waals surface area contributed by atoms with Gasteiger partial charge >= 0.3 is 29.1 Å². The van der Waals surface area contributed by atoms with Crippen LogP contribution < -0.4 is 31.6 Å². The molecule has 1 aliphatic heterocycles. The molecule has 8 rings (SSSR count). The van der Waals surface area contributed by atoms with Gasteiger partial charge in [0.05, 0.1) is 43.4 Å². The average molecular weight is 1310 g/mol. The third-order valence-electron chi connectivity index (χ3n) is 13.0. The molecule has 8 N–H and O–H groups in total. The minimum atomic E-state index is -5.82. The lowest BCUT2D eigenvalue weighted by Gasteiger charge is -2.21. The summed E-state index contributed by atoms with van der Waals surface area (Å²) in [5.74, 6) is 4.78. The number of amides is 2. The summed E-state index contributed by atoms with van der Waals surface area (Å²) in [6, 6.07) is 18.3. The number of fused-ring (bicyclic) bond motifs is 3. The number of nitrogens with zero attached hydrogens (tertiary/aromatic N) is 11. The van der Waals surface area contributed by atoms with Crippen molar-refractivity contribution in [3.05, 3.63) is 127 Å². The van der Waals surface area contributed by atoms with Crippen LogP contribution in [0.5, 0.6) is 5.75 Å². The van der Waals surface area contributed by atoms with Gasteiger partial charge in [-0.2, -0.15) is 8.62 Å². The number of phosphoric acid groups is 3. The highest BCUT2D eigenvalue weighted by atomic mass is 31.3. The molecule has 1 saturated heterocycles. The van der Waals surface area contributed by atoms with Crippen LogP contribution in [0.3, 0.4) is 0 Å². The SMILES string of the molecule is CCN(CC)c1ccc2cc(-c3nc4cc(C(=O)CCCNC(=O)c5cccc(OCC(N=[N+]=[N-])OCCOCC(=O)NCC#Cc6cn(C7CC(OCN=[N+]=[N-])C(COP(=O)(O)OP(=O)(O)OP(=O)(O)O)O7)c7ncnc(N)c67)c5)ccc4o3)c(=O)oc2c1. The van der Waals surface area contributed by atoms with Crippen molar-refractivity contribution >= 4 is 85.7 Å². The molecule has 35 nitrogen and oxygen atoms in total. The van der Waals surface area contributed by atoms with Crippen LogP contribution in [-0.4, -0.2) is 141 Å². The summed E-state index contributed by atoms with van der Waals surface area (Å²) in [6.45, 7) is 3.33. The second-order valence-electron chi connectivity index (χ2n) is 19.1. The molecule has 90 heavy (non-hydrogen) atoms. The van der Waals surface area contributed by atoms with Crippen LogP contribution >= 0.6 is 23.5 Å². The van der Waals surface area contributed by atoms with Gasteiger partial charge in [-0.15, -0.1) is 0 Å². The van der Waals surface area contributed by atoms with E-state index in [4.69, 9.17) is 63.6 Å². The number of nitrogens with one attached hydrogen (secondary N) is 2. The first-order valence-electron chi connectivity index (χ1n) is 27.0. The number of ketones is 1. The van der Waals surface area contributed by atoms with Gasteiger partial charge in [-0.3, -0.25) is 18.9 Å². The van der Waals surface area contributed by atoms with E-state index in [9.17, 15) is 42.7 Å². The van der Waals surface area contributed by atoms with Crippen LogP contribution in [0.1, 0.15) is 65.6 Å². The number of carbonyl (C=O) groups is 3. The predicted molar refractivity (Wildman–Crippen MR) is 316 cm³/mol. The second kappa shape index (κ2) is 30.7. The highest BCUT2D eigenvalue weighted by molar-refractivity contribution is 7.66. The van der Waals surface area contributed by atoms with Crippen LogP contribution in [0.15, 0.2) is 103 Å². The fraction of sp³-hybridized carbons (Fsp3) is 0.365. The number of aromatic nitrogens is 4. The molecule has 7 aromatic rings. The van der Waals surface area contributed by atoms with E-state index in [0.717, 1.165) is 25.1 Å². The zero-order chi connectivity index (χ0) is 64.6. The van der Waals surface area contributed by atoms with Gasteiger partial charge in [0.1, 0.15) is 72.5 Å². The zero-order valence-corrected chi connectivity index (χ0v) is 50.3. The van der Waals surface area contributed by atoms with Gasteiger partial charge in [-0.05, 0) is 85.9 Å². The Kier molecular flexibility index (Phi) is 23.0. The summed E-state index contributed by atoms with van der Waals surface area (Å²) in [7, 11) is -17.0. The van der Waals surface area contributed by atoms with Crippen molar-refractivity contribution in [3.63, 3.8) is 0 Å². The van der Waals surface area contributed by atoms with Crippen molar-refractivity contribution in [2.45, 2.75) is 57.8 Å². The number of azide groups is 2. The van der Waals surface area contributed by atoms with E-state index in [-0.39, 0.29) is 96.7 Å². The predicted octanol–water partition coefficient (Wildman–Crippen LogP) is 6.67. The van der Waals surface area contributed by atoms with Gasteiger partial charge in [0.25, 0.3) is 5.91 Å². The van der Waals surface area contributed by atoms with E-state index >= 15 is 0 Å².